The zero-order chi connectivity index (χ0) is 11.0. The first-order chi connectivity index (χ1) is 6.29. The molecule has 3 N–H and O–H groups in total. The number of alkyl halides is 3. The summed E-state index contributed by atoms with van der Waals surface area (Å²) in [6, 6.07) is 0. The maximum absolute atomic E-state index is 12.5. The van der Waals surface area contributed by atoms with Gasteiger partial charge in [-0.05, 0) is 15.9 Å². The van der Waals surface area contributed by atoms with Crippen LogP contribution in [0.2, 0.25) is 0 Å². The maximum Gasteiger partial charge on any atom is 0.425 e. The molecule has 0 saturated heterocycles. The molecule has 0 spiro atoms. The van der Waals surface area contributed by atoms with E-state index in [1.165, 1.54) is 0 Å². The molecule has 14 heavy (non-hydrogen) atoms. The summed E-state index contributed by atoms with van der Waals surface area (Å²) in [5.74, 6) is -1.55. The van der Waals surface area contributed by atoms with E-state index < -0.39 is 17.6 Å². The topological polar surface area (TPSA) is 67.5 Å². The predicted molar refractivity (Wildman–Crippen MR) is 46.6 cm³/mol. The minimum atomic E-state index is -4.83. The van der Waals surface area contributed by atoms with Gasteiger partial charge in [-0.3, -0.25) is 4.79 Å². The average molecular weight is 272 g/mol. The number of halogens is 4. The number of hydrogen-bond acceptors (Lipinski definition) is 3. The maximum atomic E-state index is 12.5. The summed E-state index contributed by atoms with van der Waals surface area (Å²) in [4.78, 5) is 14.1. The second-order valence-corrected chi connectivity index (χ2v) is 3.35. The van der Waals surface area contributed by atoms with E-state index in [1.807, 2.05) is 5.32 Å². The summed E-state index contributed by atoms with van der Waals surface area (Å²) in [5.41, 5.74) is 1.76. The van der Waals surface area contributed by atoms with Crippen LogP contribution in [0.1, 0.15) is 0 Å². The molecular weight excluding hydrogens is 267 g/mol. The Labute approximate surface area is 85.2 Å². The lowest BCUT2D eigenvalue weighted by Gasteiger charge is -2.30. The lowest BCUT2D eigenvalue weighted by atomic mass is 9.99. The van der Waals surface area contributed by atoms with Crippen molar-refractivity contribution in [3.8, 4) is 0 Å². The third-order valence-corrected chi connectivity index (χ3v) is 2.07. The van der Waals surface area contributed by atoms with Gasteiger partial charge in [0.25, 0.3) is 5.91 Å². The number of hydrogen-bond donors (Lipinski definition) is 2. The molecule has 0 aliphatic carbocycles. The standard InChI is InChI=1S/C6H5BrF3N3O/c7-3-1-13-5(2-12-3,4(11)14)6(8,9)10/h1-2,13H,(H2,11,14). The molecule has 0 aromatic rings. The van der Waals surface area contributed by atoms with E-state index in [0.717, 1.165) is 6.20 Å². The first kappa shape index (κ1) is 11.0. The summed E-state index contributed by atoms with van der Waals surface area (Å²) in [7, 11) is 0. The third-order valence-electron chi connectivity index (χ3n) is 1.64. The number of nitrogens with one attached hydrogen (secondary N) is 1. The molecule has 0 radical (unpaired) electrons. The monoisotopic (exact) mass is 271 g/mol. The van der Waals surface area contributed by atoms with Crippen LogP contribution in [0, 0.1) is 0 Å². The van der Waals surface area contributed by atoms with Crippen molar-refractivity contribution in [2.24, 2.45) is 10.7 Å². The van der Waals surface area contributed by atoms with E-state index in [2.05, 4.69) is 26.7 Å². The van der Waals surface area contributed by atoms with Crippen molar-refractivity contribution in [3.63, 3.8) is 0 Å². The SMILES string of the molecule is NC(=O)C1(C(F)(F)F)C=NC(Br)=CN1. The highest BCUT2D eigenvalue weighted by atomic mass is 79.9. The minimum Gasteiger partial charge on any atom is -0.367 e. The Hall–Kier alpha value is -1.05. The summed E-state index contributed by atoms with van der Waals surface area (Å²) in [5, 5.41) is 1.86. The van der Waals surface area contributed by atoms with Gasteiger partial charge in [-0.1, -0.05) is 0 Å². The van der Waals surface area contributed by atoms with E-state index in [9.17, 15) is 18.0 Å². The molecular formula is C6H5BrF3N3O. The number of amides is 1. The van der Waals surface area contributed by atoms with E-state index in [-0.39, 0.29) is 4.61 Å². The van der Waals surface area contributed by atoms with E-state index in [4.69, 9.17) is 0 Å². The van der Waals surface area contributed by atoms with Crippen LogP contribution < -0.4 is 11.1 Å². The lowest BCUT2D eigenvalue weighted by Crippen LogP contribution is -2.65. The highest BCUT2D eigenvalue weighted by Gasteiger charge is 2.59. The summed E-state index contributed by atoms with van der Waals surface area (Å²) in [6.07, 6.45) is -3.48. The van der Waals surface area contributed by atoms with Gasteiger partial charge >= 0.3 is 6.18 Å². The number of carbonyl (C=O) groups is 1. The van der Waals surface area contributed by atoms with Crippen LogP contribution in [0.5, 0.6) is 0 Å². The van der Waals surface area contributed by atoms with Crippen LogP contribution in [0.3, 0.4) is 0 Å². The van der Waals surface area contributed by atoms with Crippen molar-refractivity contribution in [2.75, 3.05) is 0 Å². The van der Waals surface area contributed by atoms with Crippen LogP contribution in [-0.4, -0.2) is 23.8 Å². The molecule has 1 aliphatic rings. The quantitative estimate of drug-likeness (QED) is 0.688. The van der Waals surface area contributed by atoms with Crippen LogP contribution in [0.15, 0.2) is 15.8 Å². The normalized spacial score (nSPS) is 26.7. The van der Waals surface area contributed by atoms with Gasteiger partial charge < -0.3 is 11.1 Å². The van der Waals surface area contributed by atoms with Gasteiger partial charge in [-0.25, -0.2) is 4.99 Å². The summed E-state index contributed by atoms with van der Waals surface area (Å²) in [6.45, 7) is 0. The Morgan fingerprint density at radius 3 is 2.50 bits per heavy atom. The zero-order valence-corrected chi connectivity index (χ0v) is 8.19. The lowest BCUT2D eigenvalue weighted by molar-refractivity contribution is -0.178. The Morgan fingerprint density at radius 2 is 2.21 bits per heavy atom. The Bertz CT molecular complexity index is 325. The van der Waals surface area contributed by atoms with Crippen molar-refractivity contribution >= 4 is 28.1 Å². The Morgan fingerprint density at radius 1 is 1.64 bits per heavy atom. The van der Waals surface area contributed by atoms with E-state index in [1.54, 1.807) is 0 Å². The van der Waals surface area contributed by atoms with Crippen LogP contribution in [0.4, 0.5) is 13.2 Å². The molecule has 1 heterocycles. The molecule has 4 nitrogen and oxygen atoms in total. The number of rotatable bonds is 1. The van der Waals surface area contributed by atoms with Gasteiger partial charge in [0, 0.05) is 6.20 Å². The van der Waals surface area contributed by atoms with Gasteiger partial charge in [0.2, 0.25) is 5.54 Å². The van der Waals surface area contributed by atoms with Crippen LogP contribution >= 0.6 is 15.9 Å². The number of nitrogens with two attached hydrogens (primary N) is 1. The zero-order valence-electron chi connectivity index (χ0n) is 6.60. The number of carbonyl (C=O) groups excluding carboxylic acids is 1. The molecule has 0 aromatic heterocycles. The summed E-state index contributed by atoms with van der Waals surface area (Å²) < 4.78 is 37.6. The van der Waals surface area contributed by atoms with Crippen molar-refractivity contribution in [1.82, 2.24) is 5.32 Å². The molecule has 8 heteroatoms. The fourth-order valence-corrected chi connectivity index (χ4v) is 1.05. The Kier molecular flexibility index (Phi) is 2.57. The minimum absolute atomic E-state index is 0.152. The second-order valence-electron chi connectivity index (χ2n) is 2.54. The first-order valence-corrected chi connectivity index (χ1v) is 4.14. The van der Waals surface area contributed by atoms with Gasteiger partial charge in [0.15, 0.2) is 0 Å². The molecule has 1 unspecified atom stereocenters. The van der Waals surface area contributed by atoms with E-state index in [0.29, 0.717) is 6.21 Å². The fourth-order valence-electron chi connectivity index (χ4n) is 0.836. The van der Waals surface area contributed by atoms with Crippen molar-refractivity contribution in [3.05, 3.63) is 10.8 Å². The molecule has 0 saturated carbocycles. The summed E-state index contributed by atoms with van der Waals surface area (Å²) >= 11 is 2.84. The highest BCUT2D eigenvalue weighted by Crippen LogP contribution is 2.31. The third kappa shape index (κ3) is 1.61. The molecule has 1 rings (SSSR count). The Balaban J connectivity index is 3.12. The second kappa shape index (κ2) is 3.26. The largest absolute Gasteiger partial charge is 0.425 e. The van der Waals surface area contributed by atoms with Crippen molar-refractivity contribution in [1.29, 1.82) is 0 Å². The molecule has 1 aliphatic heterocycles. The highest BCUT2D eigenvalue weighted by molar-refractivity contribution is 9.11. The van der Waals surface area contributed by atoms with Crippen molar-refractivity contribution in [2.45, 2.75) is 11.7 Å². The van der Waals surface area contributed by atoms with Gasteiger partial charge in [-0.2, -0.15) is 13.2 Å². The predicted octanol–water partition coefficient (Wildman–Crippen LogP) is 0.641. The average Bonchev–Trinajstić information content (AvgIpc) is 2.02. The number of nitrogens with zero attached hydrogens (tertiary/aromatic N) is 1. The van der Waals surface area contributed by atoms with Gasteiger partial charge in [0.1, 0.15) is 4.61 Å². The van der Waals surface area contributed by atoms with Crippen molar-refractivity contribution < 1.29 is 18.0 Å². The molecule has 1 amide bonds. The van der Waals surface area contributed by atoms with Crippen LogP contribution in [-0.2, 0) is 4.79 Å². The van der Waals surface area contributed by atoms with Crippen LogP contribution in [0.25, 0.3) is 0 Å². The van der Waals surface area contributed by atoms with Gasteiger partial charge in [0.05, 0.1) is 6.21 Å². The number of primary amides is 1. The first-order valence-electron chi connectivity index (χ1n) is 3.35. The van der Waals surface area contributed by atoms with Gasteiger partial charge in [-0.15, -0.1) is 0 Å². The molecule has 78 valence electrons. The molecule has 0 bridgehead atoms. The molecule has 0 fully saturated rings. The number of aliphatic imine (C=N–C) groups is 1. The van der Waals surface area contributed by atoms with E-state index >= 15 is 0 Å². The smallest absolute Gasteiger partial charge is 0.367 e. The molecule has 1 atom stereocenters. The molecule has 0 aromatic carbocycles. The fraction of sp³-hybridized carbons (Fsp3) is 0.333.